The fourth-order valence-electron chi connectivity index (χ4n) is 2.93. The van der Waals surface area contributed by atoms with Crippen molar-refractivity contribution in [3.63, 3.8) is 0 Å². The van der Waals surface area contributed by atoms with Crippen molar-refractivity contribution in [2.24, 2.45) is 0 Å². The third-order valence-electron chi connectivity index (χ3n) is 4.06. The van der Waals surface area contributed by atoms with E-state index >= 15 is 0 Å². The molecule has 0 aliphatic carbocycles. The van der Waals surface area contributed by atoms with Gasteiger partial charge in [-0.05, 0) is 48.2 Å². The molecular formula is C18H21NO. The first-order chi connectivity index (χ1) is 9.86. The second-order valence-electron chi connectivity index (χ2n) is 5.50. The van der Waals surface area contributed by atoms with E-state index < -0.39 is 0 Å². The van der Waals surface area contributed by atoms with Crippen molar-refractivity contribution in [1.82, 2.24) is 4.90 Å². The van der Waals surface area contributed by atoms with Crippen LogP contribution in [0.1, 0.15) is 24.0 Å². The number of likely N-dealkylation sites (tertiary alicyclic amines) is 1. The highest BCUT2D eigenvalue weighted by Gasteiger charge is 2.11. The van der Waals surface area contributed by atoms with E-state index in [1.54, 1.807) is 0 Å². The zero-order chi connectivity index (χ0) is 13.8. The maximum absolute atomic E-state index is 9.42. The Labute approximate surface area is 120 Å². The van der Waals surface area contributed by atoms with Crippen LogP contribution in [0.2, 0.25) is 0 Å². The lowest BCUT2D eigenvalue weighted by Crippen LogP contribution is -2.18. The van der Waals surface area contributed by atoms with Gasteiger partial charge in [0.15, 0.2) is 0 Å². The maximum atomic E-state index is 9.42. The van der Waals surface area contributed by atoms with Gasteiger partial charge in [0.2, 0.25) is 0 Å². The van der Waals surface area contributed by atoms with Crippen molar-refractivity contribution >= 4 is 0 Å². The van der Waals surface area contributed by atoms with Crippen LogP contribution in [0.3, 0.4) is 0 Å². The molecule has 0 amide bonds. The van der Waals surface area contributed by atoms with Gasteiger partial charge in [0.1, 0.15) is 0 Å². The Kier molecular flexibility index (Phi) is 4.14. The molecule has 1 N–H and O–H groups in total. The van der Waals surface area contributed by atoms with E-state index in [2.05, 4.69) is 35.2 Å². The summed E-state index contributed by atoms with van der Waals surface area (Å²) in [6, 6.07) is 16.8. The Morgan fingerprint density at radius 2 is 1.60 bits per heavy atom. The molecule has 1 heterocycles. The van der Waals surface area contributed by atoms with Gasteiger partial charge in [-0.25, -0.2) is 0 Å². The minimum Gasteiger partial charge on any atom is -0.392 e. The van der Waals surface area contributed by atoms with E-state index in [9.17, 15) is 5.11 Å². The van der Waals surface area contributed by atoms with Crippen molar-refractivity contribution < 1.29 is 5.11 Å². The van der Waals surface area contributed by atoms with Crippen LogP contribution in [0, 0.1) is 0 Å². The second kappa shape index (κ2) is 6.21. The molecule has 1 aliphatic heterocycles. The molecule has 104 valence electrons. The van der Waals surface area contributed by atoms with E-state index in [-0.39, 0.29) is 6.61 Å². The molecular weight excluding hydrogens is 246 g/mol. The van der Waals surface area contributed by atoms with Crippen LogP contribution in [0.25, 0.3) is 11.1 Å². The molecule has 0 spiro atoms. The molecule has 2 aromatic carbocycles. The van der Waals surface area contributed by atoms with Crippen molar-refractivity contribution in [1.29, 1.82) is 0 Å². The third-order valence-corrected chi connectivity index (χ3v) is 4.06. The van der Waals surface area contributed by atoms with Gasteiger partial charge in [0.25, 0.3) is 0 Å². The van der Waals surface area contributed by atoms with Crippen LogP contribution in [0.15, 0.2) is 48.5 Å². The first kappa shape index (κ1) is 13.3. The van der Waals surface area contributed by atoms with Gasteiger partial charge >= 0.3 is 0 Å². The van der Waals surface area contributed by atoms with Crippen LogP contribution >= 0.6 is 0 Å². The number of hydrogen-bond acceptors (Lipinski definition) is 2. The van der Waals surface area contributed by atoms with Crippen LogP contribution in [0.5, 0.6) is 0 Å². The predicted molar refractivity (Wildman–Crippen MR) is 82.3 cm³/mol. The Morgan fingerprint density at radius 3 is 2.30 bits per heavy atom. The summed E-state index contributed by atoms with van der Waals surface area (Å²) in [5, 5.41) is 9.42. The average Bonchev–Trinajstić information content (AvgIpc) is 3.01. The monoisotopic (exact) mass is 267 g/mol. The lowest BCUT2D eigenvalue weighted by Gasteiger charge is -2.15. The SMILES string of the molecule is OCc1ccccc1-c1ccc(CN2CCCC2)cc1. The number of aliphatic hydroxyl groups is 1. The van der Waals surface area contributed by atoms with Crippen LogP contribution in [-0.2, 0) is 13.2 Å². The maximum Gasteiger partial charge on any atom is 0.0687 e. The largest absolute Gasteiger partial charge is 0.392 e. The number of aliphatic hydroxyl groups excluding tert-OH is 1. The second-order valence-corrected chi connectivity index (χ2v) is 5.50. The molecule has 2 nitrogen and oxygen atoms in total. The molecule has 1 saturated heterocycles. The minimum atomic E-state index is 0.0890. The first-order valence-electron chi connectivity index (χ1n) is 7.37. The van der Waals surface area contributed by atoms with E-state index in [0.717, 1.165) is 17.7 Å². The summed E-state index contributed by atoms with van der Waals surface area (Å²) in [6.07, 6.45) is 2.67. The lowest BCUT2D eigenvalue weighted by molar-refractivity contribution is 0.282. The summed E-state index contributed by atoms with van der Waals surface area (Å²) in [5.74, 6) is 0. The molecule has 0 saturated carbocycles. The summed E-state index contributed by atoms with van der Waals surface area (Å²) in [5.41, 5.74) is 4.67. The highest BCUT2D eigenvalue weighted by molar-refractivity contribution is 5.67. The third kappa shape index (κ3) is 2.92. The van der Waals surface area contributed by atoms with Crippen molar-refractivity contribution in [3.05, 3.63) is 59.7 Å². The van der Waals surface area contributed by atoms with Crippen LogP contribution in [0.4, 0.5) is 0 Å². The smallest absolute Gasteiger partial charge is 0.0687 e. The van der Waals surface area contributed by atoms with Crippen LogP contribution in [-0.4, -0.2) is 23.1 Å². The van der Waals surface area contributed by atoms with E-state index in [0.29, 0.717) is 0 Å². The van der Waals surface area contributed by atoms with E-state index in [4.69, 9.17) is 0 Å². The highest BCUT2D eigenvalue weighted by Crippen LogP contribution is 2.24. The van der Waals surface area contributed by atoms with Gasteiger partial charge in [0.05, 0.1) is 6.61 Å². The highest BCUT2D eigenvalue weighted by atomic mass is 16.3. The average molecular weight is 267 g/mol. The Hall–Kier alpha value is -1.64. The molecule has 2 heteroatoms. The fraction of sp³-hybridized carbons (Fsp3) is 0.333. The number of rotatable bonds is 4. The summed E-state index contributed by atoms with van der Waals surface area (Å²) in [4.78, 5) is 2.51. The molecule has 20 heavy (non-hydrogen) atoms. The molecule has 2 aromatic rings. The molecule has 0 bridgehead atoms. The standard InChI is InChI=1S/C18H21NO/c20-14-17-5-1-2-6-18(17)16-9-7-15(8-10-16)13-19-11-3-4-12-19/h1-2,5-10,20H,3-4,11-14H2. The normalized spacial score (nSPS) is 15.7. The molecule has 0 radical (unpaired) electrons. The molecule has 0 aromatic heterocycles. The first-order valence-corrected chi connectivity index (χ1v) is 7.37. The van der Waals surface area contributed by atoms with E-state index in [1.165, 1.54) is 37.1 Å². The summed E-state index contributed by atoms with van der Waals surface area (Å²) >= 11 is 0. The Balaban J connectivity index is 1.78. The summed E-state index contributed by atoms with van der Waals surface area (Å²) in [7, 11) is 0. The van der Waals surface area contributed by atoms with Crippen LogP contribution < -0.4 is 0 Å². The minimum absolute atomic E-state index is 0.0890. The quantitative estimate of drug-likeness (QED) is 0.917. The van der Waals surface area contributed by atoms with Gasteiger partial charge in [-0.15, -0.1) is 0 Å². The predicted octanol–water partition coefficient (Wildman–Crippen LogP) is 3.44. The molecule has 1 fully saturated rings. The van der Waals surface area contributed by atoms with Crippen molar-refractivity contribution in [2.45, 2.75) is 26.0 Å². The number of benzene rings is 2. The lowest BCUT2D eigenvalue weighted by atomic mass is 9.99. The van der Waals surface area contributed by atoms with Crippen molar-refractivity contribution in [2.75, 3.05) is 13.1 Å². The topological polar surface area (TPSA) is 23.5 Å². The number of hydrogen-bond donors (Lipinski definition) is 1. The number of nitrogens with zero attached hydrogens (tertiary/aromatic N) is 1. The fourth-order valence-corrected chi connectivity index (χ4v) is 2.93. The molecule has 3 rings (SSSR count). The Morgan fingerprint density at radius 1 is 0.900 bits per heavy atom. The van der Waals surface area contributed by atoms with Gasteiger partial charge < -0.3 is 5.11 Å². The Bertz CT molecular complexity index is 556. The zero-order valence-corrected chi connectivity index (χ0v) is 11.8. The van der Waals surface area contributed by atoms with Gasteiger partial charge in [-0.2, -0.15) is 0 Å². The molecule has 1 aliphatic rings. The van der Waals surface area contributed by atoms with Gasteiger partial charge in [0, 0.05) is 6.54 Å². The van der Waals surface area contributed by atoms with Crippen molar-refractivity contribution in [3.8, 4) is 11.1 Å². The zero-order valence-electron chi connectivity index (χ0n) is 11.8. The van der Waals surface area contributed by atoms with Gasteiger partial charge in [-0.3, -0.25) is 4.90 Å². The van der Waals surface area contributed by atoms with Gasteiger partial charge in [-0.1, -0.05) is 48.5 Å². The van der Waals surface area contributed by atoms with E-state index in [1.807, 2.05) is 18.2 Å². The summed E-state index contributed by atoms with van der Waals surface area (Å²) < 4.78 is 0. The molecule has 0 atom stereocenters. The summed E-state index contributed by atoms with van der Waals surface area (Å²) in [6.45, 7) is 3.61. The molecule has 0 unspecified atom stereocenters.